The van der Waals surface area contributed by atoms with E-state index in [2.05, 4.69) is 0 Å². The molecule has 0 amide bonds. The van der Waals surface area contributed by atoms with E-state index in [-0.39, 0.29) is 5.75 Å². The summed E-state index contributed by atoms with van der Waals surface area (Å²) in [5, 5.41) is 10.9. The summed E-state index contributed by atoms with van der Waals surface area (Å²) in [7, 11) is 0. The summed E-state index contributed by atoms with van der Waals surface area (Å²) in [6, 6.07) is 31.7. The van der Waals surface area contributed by atoms with Gasteiger partial charge in [-0.1, -0.05) is 91.0 Å². The molecule has 1 heterocycles. The fourth-order valence-corrected chi connectivity index (χ4v) is 2.93. The molecule has 0 bridgehead atoms. The van der Waals surface area contributed by atoms with E-state index in [0.29, 0.717) is 5.69 Å². The van der Waals surface area contributed by atoms with Crippen molar-refractivity contribution in [2.75, 3.05) is 0 Å². The molecule has 2 nitrogen and oxygen atoms in total. The quantitative estimate of drug-likeness (QED) is 0.518. The van der Waals surface area contributed by atoms with Crippen molar-refractivity contribution in [1.29, 1.82) is 0 Å². The molecule has 2 heteroatoms. The van der Waals surface area contributed by atoms with E-state index in [1.807, 2.05) is 97.1 Å². The number of rotatable bonds is 3. The second-order valence-corrected chi connectivity index (χ2v) is 5.85. The molecule has 0 fully saturated rings. The van der Waals surface area contributed by atoms with Crippen molar-refractivity contribution in [2.45, 2.75) is 0 Å². The first kappa shape index (κ1) is 15.2. The van der Waals surface area contributed by atoms with Crippen molar-refractivity contribution < 1.29 is 5.11 Å². The molecule has 25 heavy (non-hydrogen) atoms. The Hall–Kier alpha value is -3.39. The average Bonchev–Trinajstić information content (AvgIpc) is 2.70. The molecule has 0 unspecified atom stereocenters. The molecule has 4 rings (SSSR count). The predicted molar refractivity (Wildman–Crippen MR) is 102 cm³/mol. The molecule has 0 radical (unpaired) electrons. The maximum atomic E-state index is 10.9. The van der Waals surface area contributed by atoms with Crippen molar-refractivity contribution in [3.63, 3.8) is 0 Å². The van der Waals surface area contributed by atoms with Crippen molar-refractivity contribution in [1.82, 2.24) is 4.98 Å². The first-order chi connectivity index (χ1) is 12.3. The van der Waals surface area contributed by atoms with Crippen molar-refractivity contribution in [3.8, 4) is 39.4 Å². The molecule has 0 atom stereocenters. The molecule has 1 N–H and O–H groups in total. The summed E-state index contributed by atoms with van der Waals surface area (Å²) in [4.78, 5) is 4.75. The van der Waals surface area contributed by atoms with Crippen molar-refractivity contribution >= 4 is 0 Å². The molecule has 4 aromatic rings. The van der Waals surface area contributed by atoms with Gasteiger partial charge in [-0.2, -0.15) is 0 Å². The van der Waals surface area contributed by atoms with E-state index in [4.69, 9.17) is 4.98 Å². The lowest BCUT2D eigenvalue weighted by Gasteiger charge is -2.13. The zero-order valence-corrected chi connectivity index (χ0v) is 13.6. The Balaban J connectivity index is 1.98. The molecule has 0 aliphatic carbocycles. The third kappa shape index (κ3) is 3.02. The minimum absolute atomic E-state index is 0.206. The molecule has 0 aliphatic heterocycles. The summed E-state index contributed by atoms with van der Waals surface area (Å²) in [5.41, 5.74) is 5.12. The number of pyridine rings is 1. The number of aromatic hydroxyl groups is 1. The second-order valence-electron chi connectivity index (χ2n) is 5.85. The smallest absolute Gasteiger partial charge is 0.149 e. The number of hydrogen-bond acceptors (Lipinski definition) is 2. The molecule has 0 aliphatic rings. The highest BCUT2D eigenvalue weighted by Gasteiger charge is 2.15. The summed E-state index contributed by atoms with van der Waals surface area (Å²) < 4.78 is 0. The first-order valence-corrected chi connectivity index (χ1v) is 8.23. The highest BCUT2D eigenvalue weighted by molar-refractivity contribution is 5.83. The monoisotopic (exact) mass is 323 g/mol. The maximum absolute atomic E-state index is 10.9. The molecular weight excluding hydrogens is 306 g/mol. The lowest BCUT2D eigenvalue weighted by molar-refractivity contribution is 0.477. The number of hydrogen-bond donors (Lipinski definition) is 1. The second kappa shape index (κ2) is 6.62. The van der Waals surface area contributed by atoms with Gasteiger partial charge in [-0.25, -0.2) is 4.98 Å². The highest BCUT2D eigenvalue weighted by atomic mass is 16.3. The normalized spacial score (nSPS) is 10.6. The lowest BCUT2D eigenvalue weighted by atomic mass is 9.98. The van der Waals surface area contributed by atoms with Crippen LogP contribution in [0.25, 0.3) is 33.6 Å². The highest BCUT2D eigenvalue weighted by Crippen LogP contribution is 2.39. The van der Waals surface area contributed by atoms with Gasteiger partial charge in [-0.15, -0.1) is 0 Å². The van der Waals surface area contributed by atoms with Gasteiger partial charge in [0.2, 0.25) is 0 Å². The van der Waals surface area contributed by atoms with Crippen LogP contribution in [-0.2, 0) is 0 Å². The van der Waals surface area contributed by atoms with Crippen LogP contribution in [0, 0.1) is 0 Å². The van der Waals surface area contributed by atoms with Gasteiger partial charge in [0, 0.05) is 16.7 Å². The van der Waals surface area contributed by atoms with E-state index in [1.165, 1.54) is 0 Å². The van der Waals surface area contributed by atoms with Gasteiger partial charge in [-0.3, -0.25) is 0 Å². The Labute approximate surface area is 147 Å². The number of aromatic nitrogens is 1. The van der Waals surface area contributed by atoms with Crippen LogP contribution in [0.5, 0.6) is 5.75 Å². The SMILES string of the molecule is Oc1c(-c2ccccc2)cc(-c2ccccc2)nc1-c1ccccc1. The van der Waals surface area contributed by atoms with Gasteiger partial charge in [0.25, 0.3) is 0 Å². The van der Waals surface area contributed by atoms with E-state index >= 15 is 0 Å². The number of nitrogens with zero attached hydrogens (tertiary/aromatic N) is 1. The minimum atomic E-state index is 0.206. The third-order valence-corrected chi connectivity index (χ3v) is 4.19. The van der Waals surface area contributed by atoms with Crippen LogP contribution in [0.1, 0.15) is 0 Å². The van der Waals surface area contributed by atoms with E-state index in [0.717, 1.165) is 27.9 Å². The maximum Gasteiger partial charge on any atom is 0.149 e. The van der Waals surface area contributed by atoms with Crippen LogP contribution < -0.4 is 0 Å². The Morgan fingerprint density at radius 2 is 1.04 bits per heavy atom. The average molecular weight is 323 g/mol. The predicted octanol–water partition coefficient (Wildman–Crippen LogP) is 5.79. The molecule has 0 spiro atoms. The summed E-state index contributed by atoms with van der Waals surface area (Å²) >= 11 is 0. The topological polar surface area (TPSA) is 33.1 Å². The fraction of sp³-hybridized carbons (Fsp3) is 0. The largest absolute Gasteiger partial charge is 0.505 e. The van der Waals surface area contributed by atoms with Crippen LogP contribution in [-0.4, -0.2) is 10.1 Å². The lowest BCUT2D eigenvalue weighted by Crippen LogP contribution is -1.92. The molecule has 1 aromatic heterocycles. The van der Waals surface area contributed by atoms with Crippen LogP contribution in [0.2, 0.25) is 0 Å². The first-order valence-electron chi connectivity index (χ1n) is 8.23. The summed E-state index contributed by atoms with van der Waals surface area (Å²) in [6.07, 6.45) is 0. The minimum Gasteiger partial charge on any atom is -0.505 e. The summed E-state index contributed by atoms with van der Waals surface area (Å²) in [5.74, 6) is 0.206. The van der Waals surface area contributed by atoms with Gasteiger partial charge in [0.1, 0.15) is 11.4 Å². The van der Waals surface area contributed by atoms with E-state index in [1.54, 1.807) is 0 Å². The molecule has 0 saturated carbocycles. The van der Waals surface area contributed by atoms with Gasteiger partial charge in [0.05, 0.1) is 5.69 Å². The van der Waals surface area contributed by atoms with E-state index in [9.17, 15) is 5.11 Å². The van der Waals surface area contributed by atoms with Crippen LogP contribution in [0.4, 0.5) is 0 Å². The zero-order chi connectivity index (χ0) is 17.1. The van der Waals surface area contributed by atoms with Gasteiger partial charge < -0.3 is 5.11 Å². The Morgan fingerprint density at radius 1 is 0.560 bits per heavy atom. The van der Waals surface area contributed by atoms with Crippen molar-refractivity contribution in [2.24, 2.45) is 0 Å². The summed E-state index contributed by atoms with van der Waals surface area (Å²) in [6.45, 7) is 0. The molecule has 120 valence electrons. The molecular formula is C23H17NO. The number of benzene rings is 3. The zero-order valence-electron chi connectivity index (χ0n) is 13.6. The Kier molecular flexibility index (Phi) is 4.01. The van der Waals surface area contributed by atoms with E-state index < -0.39 is 0 Å². The molecule has 3 aromatic carbocycles. The van der Waals surface area contributed by atoms with Crippen molar-refractivity contribution in [3.05, 3.63) is 97.1 Å². The van der Waals surface area contributed by atoms with Crippen LogP contribution in [0.3, 0.4) is 0 Å². The van der Waals surface area contributed by atoms with Gasteiger partial charge in [0.15, 0.2) is 0 Å². The van der Waals surface area contributed by atoms with Gasteiger partial charge >= 0.3 is 0 Å². The standard InChI is InChI=1S/C23H17NO/c25-23-20(17-10-4-1-5-11-17)16-21(18-12-6-2-7-13-18)24-22(23)19-14-8-3-9-15-19/h1-16,25H. The third-order valence-electron chi connectivity index (χ3n) is 4.19. The Morgan fingerprint density at radius 3 is 1.60 bits per heavy atom. The van der Waals surface area contributed by atoms with Crippen LogP contribution >= 0.6 is 0 Å². The Bertz CT molecular complexity index is 920. The van der Waals surface area contributed by atoms with Crippen LogP contribution in [0.15, 0.2) is 97.1 Å². The van der Waals surface area contributed by atoms with Gasteiger partial charge in [-0.05, 0) is 11.6 Å². The fourth-order valence-electron chi connectivity index (χ4n) is 2.93. The molecule has 0 saturated heterocycles.